The Morgan fingerprint density at radius 1 is 1.00 bits per heavy atom. The van der Waals surface area contributed by atoms with Crippen LogP contribution in [0.25, 0.3) is 0 Å². The number of carbonyl (C=O) groups is 2. The molecule has 1 N–H and O–H groups in total. The van der Waals surface area contributed by atoms with Gasteiger partial charge < -0.3 is 15.0 Å². The van der Waals surface area contributed by atoms with Crippen molar-refractivity contribution in [3.63, 3.8) is 0 Å². The summed E-state index contributed by atoms with van der Waals surface area (Å²) in [7, 11) is -2.73. The van der Waals surface area contributed by atoms with Crippen LogP contribution in [-0.2, 0) is 26.2 Å². The largest absolute Gasteiger partial charge is 0.495 e. The number of ether oxygens (including phenoxy) is 1. The summed E-state index contributed by atoms with van der Waals surface area (Å²) in [6.07, 6.45) is 0.343. The second kappa shape index (κ2) is 13.7. The number of anilines is 1. The third-order valence-corrected chi connectivity index (χ3v) is 8.37. The third-order valence-electron chi connectivity index (χ3n) is 6.29. The third kappa shape index (κ3) is 7.55. The van der Waals surface area contributed by atoms with Gasteiger partial charge in [-0.2, -0.15) is 0 Å². The first-order valence-electron chi connectivity index (χ1n) is 13.0. The molecule has 10 heteroatoms. The van der Waals surface area contributed by atoms with E-state index in [1.165, 1.54) is 36.3 Å². The Hall–Kier alpha value is -3.56. The van der Waals surface area contributed by atoms with E-state index in [0.717, 1.165) is 15.4 Å². The quantitative estimate of drug-likeness (QED) is 0.316. The highest BCUT2D eigenvalue weighted by molar-refractivity contribution is 7.92. The minimum atomic E-state index is -4.18. The number of halogens is 1. The van der Waals surface area contributed by atoms with Crippen LogP contribution in [0.3, 0.4) is 0 Å². The van der Waals surface area contributed by atoms with Crippen molar-refractivity contribution in [2.24, 2.45) is 0 Å². The molecule has 214 valence electrons. The normalized spacial score (nSPS) is 12.1. The topological polar surface area (TPSA) is 96.0 Å². The number of aryl methyl sites for hydroxylation is 1. The standard InChI is InChI=1S/C30H36ClN3O5S/c1-6-27(30(36)32-21(2)3)33(19-23-12-10-11-22(4)17-23)29(35)20-34(24-15-16-28(39-5)26(31)18-24)40(37,38)25-13-8-7-9-14-25/h7-18,21,27H,6,19-20H2,1-5H3,(H,32,36). The smallest absolute Gasteiger partial charge is 0.264 e. The van der Waals surface area contributed by atoms with Gasteiger partial charge in [-0.15, -0.1) is 0 Å². The summed E-state index contributed by atoms with van der Waals surface area (Å²) in [6.45, 7) is 7.05. The molecule has 3 aromatic carbocycles. The first kappa shape index (κ1) is 31.0. The molecule has 0 heterocycles. The minimum Gasteiger partial charge on any atom is -0.495 e. The van der Waals surface area contributed by atoms with E-state index in [4.69, 9.17) is 16.3 Å². The van der Waals surface area contributed by atoms with Crippen molar-refractivity contribution in [1.82, 2.24) is 10.2 Å². The lowest BCUT2D eigenvalue weighted by Gasteiger charge is -2.33. The molecule has 1 unspecified atom stereocenters. The molecule has 0 spiro atoms. The summed E-state index contributed by atoms with van der Waals surface area (Å²) >= 11 is 6.36. The average molecular weight is 586 g/mol. The van der Waals surface area contributed by atoms with E-state index in [0.29, 0.717) is 12.2 Å². The molecule has 0 bridgehead atoms. The van der Waals surface area contributed by atoms with Gasteiger partial charge in [-0.1, -0.05) is 66.6 Å². The number of nitrogens with zero attached hydrogens (tertiary/aromatic N) is 2. The average Bonchev–Trinajstić information content (AvgIpc) is 2.91. The number of hydrogen-bond acceptors (Lipinski definition) is 5. The molecule has 3 aromatic rings. The zero-order valence-corrected chi connectivity index (χ0v) is 25.0. The highest BCUT2D eigenvalue weighted by Crippen LogP contribution is 2.32. The summed E-state index contributed by atoms with van der Waals surface area (Å²) < 4.78 is 34.0. The summed E-state index contributed by atoms with van der Waals surface area (Å²) in [5, 5.41) is 3.09. The monoisotopic (exact) mass is 585 g/mol. The molecule has 1 atom stereocenters. The van der Waals surface area contributed by atoms with Crippen LogP contribution in [0.15, 0.2) is 77.7 Å². The highest BCUT2D eigenvalue weighted by atomic mass is 35.5. The molecule has 2 amide bonds. The number of methoxy groups -OCH3 is 1. The maximum Gasteiger partial charge on any atom is 0.264 e. The van der Waals surface area contributed by atoms with Gasteiger partial charge in [-0.25, -0.2) is 8.42 Å². The number of sulfonamides is 1. The van der Waals surface area contributed by atoms with Gasteiger partial charge in [0.05, 0.1) is 22.7 Å². The maximum atomic E-state index is 14.1. The molecule has 0 radical (unpaired) electrons. The Morgan fingerprint density at radius 2 is 1.70 bits per heavy atom. The summed E-state index contributed by atoms with van der Waals surface area (Å²) in [5.41, 5.74) is 2.03. The lowest BCUT2D eigenvalue weighted by molar-refractivity contribution is -0.140. The van der Waals surface area contributed by atoms with Crippen molar-refractivity contribution in [2.75, 3.05) is 18.0 Å². The molecule has 0 fully saturated rings. The van der Waals surface area contributed by atoms with E-state index in [1.807, 2.05) is 52.0 Å². The lowest BCUT2D eigenvalue weighted by atomic mass is 10.1. The molecule has 0 aliphatic rings. The van der Waals surface area contributed by atoms with Crippen LogP contribution < -0.4 is 14.4 Å². The number of hydrogen-bond donors (Lipinski definition) is 1. The van der Waals surface area contributed by atoms with Gasteiger partial charge in [-0.05, 0) is 63.1 Å². The SMILES string of the molecule is CCC(C(=O)NC(C)C)N(Cc1cccc(C)c1)C(=O)CN(c1ccc(OC)c(Cl)c1)S(=O)(=O)c1ccccc1. The zero-order chi connectivity index (χ0) is 29.4. The van der Waals surface area contributed by atoms with E-state index in [9.17, 15) is 18.0 Å². The predicted molar refractivity (Wildman–Crippen MR) is 158 cm³/mol. The fraction of sp³-hybridized carbons (Fsp3) is 0.333. The van der Waals surface area contributed by atoms with E-state index >= 15 is 0 Å². The van der Waals surface area contributed by atoms with Crippen LogP contribution in [0.2, 0.25) is 5.02 Å². The second-order valence-electron chi connectivity index (χ2n) is 9.74. The number of benzene rings is 3. The van der Waals surface area contributed by atoms with E-state index < -0.39 is 28.5 Å². The predicted octanol–water partition coefficient (Wildman–Crippen LogP) is 5.18. The van der Waals surface area contributed by atoms with Crippen LogP contribution >= 0.6 is 11.6 Å². The molecule has 40 heavy (non-hydrogen) atoms. The van der Waals surface area contributed by atoms with E-state index in [2.05, 4.69) is 5.32 Å². The van der Waals surface area contributed by atoms with Crippen LogP contribution in [0.5, 0.6) is 5.75 Å². The molecule has 3 rings (SSSR count). The lowest BCUT2D eigenvalue weighted by Crippen LogP contribution is -2.53. The molecule has 0 aliphatic carbocycles. The Kier molecular flexibility index (Phi) is 10.6. The Labute approximate surface area is 241 Å². The van der Waals surface area contributed by atoms with E-state index in [1.54, 1.807) is 24.3 Å². The Balaban J connectivity index is 2.09. The zero-order valence-electron chi connectivity index (χ0n) is 23.4. The van der Waals surface area contributed by atoms with Crippen LogP contribution in [0.1, 0.15) is 38.3 Å². The summed E-state index contributed by atoms with van der Waals surface area (Å²) in [4.78, 5) is 28.8. The Morgan fingerprint density at radius 3 is 2.27 bits per heavy atom. The van der Waals surface area contributed by atoms with Gasteiger partial charge in [-0.3, -0.25) is 13.9 Å². The van der Waals surface area contributed by atoms with Gasteiger partial charge in [0.1, 0.15) is 18.3 Å². The number of amides is 2. The molecule has 0 aliphatic heterocycles. The van der Waals surface area contributed by atoms with Crippen molar-refractivity contribution in [3.05, 3.63) is 88.9 Å². The fourth-order valence-corrected chi connectivity index (χ4v) is 6.05. The van der Waals surface area contributed by atoms with Gasteiger partial charge in [0.15, 0.2) is 0 Å². The molecular weight excluding hydrogens is 550 g/mol. The van der Waals surface area contributed by atoms with Crippen molar-refractivity contribution < 1.29 is 22.7 Å². The first-order chi connectivity index (χ1) is 19.0. The summed E-state index contributed by atoms with van der Waals surface area (Å²) in [6, 6.07) is 19.1. The van der Waals surface area contributed by atoms with Crippen LogP contribution in [0.4, 0.5) is 5.69 Å². The van der Waals surface area contributed by atoms with Crippen LogP contribution in [0, 0.1) is 6.92 Å². The molecule has 0 saturated heterocycles. The molecule has 0 aromatic heterocycles. The van der Waals surface area contributed by atoms with Crippen LogP contribution in [-0.4, -0.2) is 50.9 Å². The van der Waals surface area contributed by atoms with Crippen molar-refractivity contribution in [3.8, 4) is 5.75 Å². The second-order valence-corrected chi connectivity index (χ2v) is 12.0. The van der Waals surface area contributed by atoms with Gasteiger partial charge >= 0.3 is 0 Å². The van der Waals surface area contributed by atoms with Gasteiger partial charge in [0.25, 0.3) is 10.0 Å². The number of rotatable bonds is 12. The van der Waals surface area contributed by atoms with Crippen molar-refractivity contribution >= 4 is 39.1 Å². The number of carbonyl (C=O) groups excluding carboxylic acids is 2. The molecule has 8 nitrogen and oxygen atoms in total. The molecule has 0 saturated carbocycles. The highest BCUT2D eigenvalue weighted by Gasteiger charge is 2.34. The van der Waals surface area contributed by atoms with Crippen molar-refractivity contribution in [2.45, 2.75) is 57.6 Å². The summed E-state index contributed by atoms with van der Waals surface area (Å²) in [5.74, 6) is -0.464. The van der Waals surface area contributed by atoms with Gasteiger partial charge in [0.2, 0.25) is 11.8 Å². The number of nitrogens with one attached hydrogen (secondary N) is 1. The fourth-order valence-electron chi connectivity index (χ4n) is 4.37. The van der Waals surface area contributed by atoms with E-state index in [-0.39, 0.29) is 34.1 Å². The molecular formula is C30H36ClN3O5S. The minimum absolute atomic E-state index is 0.0181. The van der Waals surface area contributed by atoms with Gasteiger partial charge in [0, 0.05) is 12.6 Å². The van der Waals surface area contributed by atoms with Crippen molar-refractivity contribution in [1.29, 1.82) is 0 Å². The maximum absolute atomic E-state index is 14.1. The Bertz CT molecular complexity index is 1430. The first-order valence-corrected chi connectivity index (χ1v) is 14.9.